The van der Waals surface area contributed by atoms with Gasteiger partial charge in [0.05, 0.1) is 24.8 Å². The number of hydrogen-bond donors (Lipinski definition) is 2. The van der Waals surface area contributed by atoms with Crippen LogP contribution in [-0.4, -0.2) is 21.8 Å². The van der Waals surface area contributed by atoms with E-state index in [1.165, 1.54) is 22.7 Å². The maximum atomic E-state index is 12.3. The lowest BCUT2D eigenvalue weighted by Crippen LogP contribution is -2.15. The van der Waals surface area contributed by atoms with E-state index in [9.17, 15) is 9.59 Å². The minimum Gasteiger partial charge on any atom is -0.463 e. The summed E-state index contributed by atoms with van der Waals surface area (Å²) in [4.78, 5) is 33.0. The van der Waals surface area contributed by atoms with Crippen molar-refractivity contribution in [3.05, 3.63) is 70.7 Å². The fourth-order valence-electron chi connectivity index (χ4n) is 2.59. The molecule has 0 saturated carbocycles. The number of nitrogens with one attached hydrogen (secondary N) is 2. The third-order valence-corrected chi connectivity index (χ3v) is 5.44. The number of hydrogen-bond acceptors (Lipinski definition) is 7. The predicted octanol–water partition coefficient (Wildman–Crippen LogP) is 4.22. The van der Waals surface area contributed by atoms with Gasteiger partial charge in [0.15, 0.2) is 16.0 Å². The Bertz CT molecular complexity index is 1100. The summed E-state index contributed by atoms with van der Waals surface area (Å²) in [5.41, 5.74) is 2.19. The molecule has 4 rings (SSSR count). The van der Waals surface area contributed by atoms with E-state index >= 15 is 0 Å². The topological polar surface area (TPSA) is 97.1 Å². The molecule has 0 fully saturated rings. The lowest BCUT2D eigenvalue weighted by molar-refractivity contribution is -0.116. The zero-order chi connectivity index (χ0) is 20.1. The van der Waals surface area contributed by atoms with E-state index in [0.717, 1.165) is 5.56 Å². The molecule has 146 valence electrons. The van der Waals surface area contributed by atoms with Crippen LogP contribution >= 0.6 is 22.7 Å². The summed E-state index contributed by atoms with van der Waals surface area (Å²) < 4.78 is 5.29. The number of carbonyl (C=O) groups is 2. The molecular formula is C20H16N4O3S2. The van der Waals surface area contributed by atoms with Crippen LogP contribution in [-0.2, 0) is 22.4 Å². The summed E-state index contributed by atoms with van der Waals surface area (Å²) in [5.74, 6) is 0.282. The standard InChI is InChI=1S/C20H16N4O3S2/c25-17(9-13-5-2-1-3-6-13)23-19-21-14(11-28-19)10-18(26)24-20-22-15(12-29-20)16-7-4-8-27-16/h1-8,11-12H,9-10H2,(H,21,23,25)(H,22,24,26). The summed E-state index contributed by atoms with van der Waals surface area (Å²) in [6, 6.07) is 13.1. The number of amides is 2. The average molecular weight is 425 g/mol. The molecule has 3 heterocycles. The first-order valence-electron chi connectivity index (χ1n) is 8.73. The highest BCUT2D eigenvalue weighted by Gasteiger charge is 2.13. The Hall–Kier alpha value is -3.30. The number of carbonyl (C=O) groups excluding carboxylic acids is 2. The lowest BCUT2D eigenvalue weighted by atomic mass is 10.1. The van der Waals surface area contributed by atoms with E-state index in [4.69, 9.17) is 4.42 Å². The normalized spacial score (nSPS) is 10.6. The summed E-state index contributed by atoms with van der Waals surface area (Å²) in [7, 11) is 0. The second kappa shape index (κ2) is 8.80. The zero-order valence-corrected chi connectivity index (χ0v) is 16.8. The van der Waals surface area contributed by atoms with Gasteiger partial charge in [-0.05, 0) is 17.7 Å². The Balaban J connectivity index is 1.29. The molecule has 29 heavy (non-hydrogen) atoms. The molecule has 0 bridgehead atoms. The van der Waals surface area contributed by atoms with Crippen molar-refractivity contribution in [2.75, 3.05) is 10.6 Å². The van der Waals surface area contributed by atoms with E-state index in [0.29, 0.717) is 27.4 Å². The van der Waals surface area contributed by atoms with Crippen LogP contribution in [0, 0.1) is 0 Å². The average Bonchev–Trinajstić information content (AvgIpc) is 3.44. The molecule has 3 aromatic heterocycles. The molecule has 2 amide bonds. The SMILES string of the molecule is O=C(Cc1ccccc1)Nc1nc(CC(=O)Nc2nc(-c3ccco3)cs2)cs1. The van der Waals surface area contributed by atoms with Gasteiger partial charge < -0.3 is 15.1 Å². The highest BCUT2D eigenvalue weighted by atomic mass is 32.1. The van der Waals surface area contributed by atoms with Crippen molar-refractivity contribution >= 4 is 44.8 Å². The summed E-state index contributed by atoms with van der Waals surface area (Å²) >= 11 is 2.61. The molecule has 0 aliphatic heterocycles. The van der Waals surface area contributed by atoms with E-state index in [2.05, 4.69) is 20.6 Å². The third kappa shape index (κ3) is 5.15. The predicted molar refractivity (Wildman–Crippen MR) is 113 cm³/mol. The molecule has 0 aliphatic rings. The molecule has 9 heteroatoms. The molecule has 0 aliphatic carbocycles. The van der Waals surface area contributed by atoms with Gasteiger partial charge in [-0.3, -0.25) is 9.59 Å². The van der Waals surface area contributed by atoms with Gasteiger partial charge in [0.2, 0.25) is 11.8 Å². The van der Waals surface area contributed by atoms with E-state index in [-0.39, 0.29) is 24.7 Å². The number of rotatable bonds is 7. The number of thiazole rings is 2. The number of aromatic nitrogens is 2. The fourth-order valence-corrected chi connectivity index (χ4v) is 4.03. The summed E-state index contributed by atoms with van der Waals surface area (Å²) in [6.45, 7) is 0. The van der Waals surface area contributed by atoms with Gasteiger partial charge in [-0.1, -0.05) is 30.3 Å². The molecule has 2 N–H and O–H groups in total. The van der Waals surface area contributed by atoms with E-state index < -0.39 is 0 Å². The van der Waals surface area contributed by atoms with Crippen LogP contribution in [0.15, 0.2) is 63.9 Å². The van der Waals surface area contributed by atoms with Crippen molar-refractivity contribution in [3.63, 3.8) is 0 Å². The minimum absolute atomic E-state index is 0.0979. The number of benzene rings is 1. The molecule has 0 saturated heterocycles. The van der Waals surface area contributed by atoms with Crippen LogP contribution in [0.4, 0.5) is 10.3 Å². The Labute approximate surface area is 174 Å². The molecule has 0 unspecified atom stereocenters. The minimum atomic E-state index is -0.224. The van der Waals surface area contributed by atoms with Gasteiger partial charge in [0.25, 0.3) is 0 Å². The largest absolute Gasteiger partial charge is 0.463 e. The first kappa shape index (κ1) is 19.0. The van der Waals surface area contributed by atoms with Crippen LogP contribution in [0.25, 0.3) is 11.5 Å². The molecule has 0 spiro atoms. The van der Waals surface area contributed by atoms with Crippen LogP contribution in [0.2, 0.25) is 0 Å². The first-order chi connectivity index (χ1) is 14.2. The van der Waals surface area contributed by atoms with Crippen LogP contribution in [0.5, 0.6) is 0 Å². The van der Waals surface area contributed by atoms with Gasteiger partial charge in [-0.2, -0.15) is 0 Å². The zero-order valence-electron chi connectivity index (χ0n) is 15.1. The number of nitrogens with zero attached hydrogens (tertiary/aromatic N) is 2. The maximum absolute atomic E-state index is 12.3. The Morgan fingerprint density at radius 1 is 0.862 bits per heavy atom. The summed E-state index contributed by atoms with van der Waals surface area (Å²) in [5, 5.41) is 10.1. The molecule has 7 nitrogen and oxygen atoms in total. The van der Waals surface area contributed by atoms with Crippen molar-refractivity contribution in [2.45, 2.75) is 12.8 Å². The quantitative estimate of drug-likeness (QED) is 0.463. The van der Waals surface area contributed by atoms with Crippen molar-refractivity contribution in [3.8, 4) is 11.5 Å². The second-order valence-electron chi connectivity index (χ2n) is 6.09. The molecular weight excluding hydrogens is 408 g/mol. The van der Waals surface area contributed by atoms with Crippen LogP contribution in [0.1, 0.15) is 11.3 Å². The highest BCUT2D eigenvalue weighted by Crippen LogP contribution is 2.25. The lowest BCUT2D eigenvalue weighted by Gasteiger charge is -2.02. The first-order valence-corrected chi connectivity index (χ1v) is 10.5. The Kier molecular flexibility index (Phi) is 5.78. The van der Waals surface area contributed by atoms with Crippen molar-refractivity contribution < 1.29 is 14.0 Å². The van der Waals surface area contributed by atoms with Gasteiger partial charge >= 0.3 is 0 Å². The molecule has 4 aromatic rings. The van der Waals surface area contributed by atoms with E-state index in [1.807, 2.05) is 41.8 Å². The molecule has 1 aromatic carbocycles. The second-order valence-corrected chi connectivity index (χ2v) is 7.81. The Morgan fingerprint density at radius 3 is 2.34 bits per heavy atom. The van der Waals surface area contributed by atoms with Crippen LogP contribution in [0.3, 0.4) is 0 Å². The van der Waals surface area contributed by atoms with Gasteiger partial charge in [0.1, 0.15) is 5.69 Å². The number of anilines is 2. The van der Waals surface area contributed by atoms with Crippen molar-refractivity contribution in [2.24, 2.45) is 0 Å². The van der Waals surface area contributed by atoms with Gasteiger partial charge in [0, 0.05) is 10.8 Å². The third-order valence-electron chi connectivity index (χ3n) is 3.87. The highest BCUT2D eigenvalue weighted by molar-refractivity contribution is 7.14. The van der Waals surface area contributed by atoms with Gasteiger partial charge in [-0.25, -0.2) is 9.97 Å². The smallest absolute Gasteiger partial charge is 0.232 e. The van der Waals surface area contributed by atoms with Gasteiger partial charge in [-0.15, -0.1) is 22.7 Å². The maximum Gasteiger partial charge on any atom is 0.232 e. The monoisotopic (exact) mass is 424 g/mol. The van der Waals surface area contributed by atoms with Crippen molar-refractivity contribution in [1.82, 2.24) is 9.97 Å². The van der Waals surface area contributed by atoms with Crippen LogP contribution < -0.4 is 10.6 Å². The fraction of sp³-hybridized carbons (Fsp3) is 0.100. The van der Waals surface area contributed by atoms with E-state index in [1.54, 1.807) is 17.7 Å². The molecule has 0 atom stereocenters. The summed E-state index contributed by atoms with van der Waals surface area (Å²) in [6.07, 6.45) is 1.95. The molecule has 0 radical (unpaired) electrons. The number of furan rings is 1. The Morgan fingerprint density at radius 2 is 1.59 bits per heavy atom. The van der Waals surface area contributed by atoms with Crippen molar-refractivity contribution in [1.29, 1.82) is 0 Å².